The van der Waals surface area contributed by atoms with Crippen LogP contribution in [-0.2, 0) is 16.8 Å². The van der Waals surface area contributed by atoms with Crippen LogP contribution in [0, 0.1) is 0 Å². The Morgan fingerprint density at radius 3 is 2.39 bits per heavy atom. The number of anilines is 1. The number of amides is 1. The molecule has 1 unspecified atom stereocenters. The van der Waals surface area contributed by atoms with Gasteiger partial charge in [0.15, 0.2) is 0 Å². The second-order valence-corrected chi connectivity index (χ2v) is 10.7. The molecule has 1 aromatic heterocycles. The lowest BCUT2D eigenvalue weighted by Gasteiger charge is -2.20. The van der Waals surface area contributed by atoms with Crippen LogP contribution in [0.4, 0.5) is 5.69 Å². The van der Waals surface area contributed by atoms with Crippen molar-refractivity contribution < 1.29 is 4.79 Å². The van der Waals surface area contributed by atoms with Crippen molar-refractivity contribution in [2.75, 3.05) is 11.4 Å². The zero-order chi connectivity index (χ0) is 23.2. The minimum absolute atomic E-state index is 0.0471. The van der Waals surface area contributed by atoms with Crippen molar-refractivity contribution in [2.24, 2.45) is 0 Å². The molecule has 168 valence electrons. The first-order chi connectivity index (χ1) is 15.8. The van der Waals surface area contributed by atoms with Gasteiger partial charge >= 0.3 is 0 Å². The monoisotopic (exact) mass is 501 g/mol. The van der Waals surface area contributed by atoms with Gasteiger partial charge in [0.05, 0.1) is 16.7 Å². The average Bonchev–Trinajstić information content (AvgIpc) is 3.34. The third-order valence-corrected chi connectivity index (χ3v) is 7.15. The highest BCUT2D eigenvalue weighted by molar-refractivity contribution is 9.10. The number of rotatable bonds is 4. The number of fused-ring (bicyclic) bond motifs is 1. The van der Waals surface area contributed by atoms with Crippen LogP contribution >= 0.6 is 15.9 Å². The molecule has 5 heteroatoms. The molecule has 0 spiro atoms. The minimum Gasteiger partial charge on any atom is -0.323 e. The quantitative estimate of drug-likeness (QED) is 0.313. The van der Waals surface area contributed by atoms with E-state index >= 15 is 0 Å². The molecular weight excluding hydrogens is 474 g/mol. The molecule has 4 nitrogen and oxygen atoms in total. The van der Waals surface area contributed by atoms with Crippen LogP contribution in [0.25, 0.3) is 11.0 Å². The Bertz CT molecular complexity index is 1320. The number of benzene rings is 3. The summed E-state index contributed by atoms with van der Waals surface area (Å²) in [4.78, 5) is 19.9. The summed E-state index contributed by atoms with van der Waals surface area (Å²) in [5, 5.41) is 0. The number of hydrogen-bond acceptors (Lipinski definition) is 2. The first-order valence-electron chi connectivity index (χ1n) is 11.4. The van der Waals surface area contributed by atoms with Crippen LogP contribution in [0.5, 0.6) is 0 Å². The summed E-state index contributed by atoms with van der Waals surface area (Å²) in [6.07, 6.45) is 0.466. The number of aromatic nitrogens is 2. The highest BCUT2D eigenvalue weighted by Gasteiger charge is 2.35. The molecule has 0 radical (unpaired) electrons. The maximum atomic E-state index is 13.0. The number of hydrogen-bond donors (Lipinski definition) is 0. The van der Waals surface area contributed by atoms with Crippen molar-refractivity contribution in [2.45, 2.75) is 45.1 Å². The molecule has 1 amide bonds. The lowest BCUT2D eigenvalue weighted by atomic mass is 9.87. The Kier molecular flexibility index (Phi) is 5.61. The molecule has 0 N–H and O–H groups in total. The third kappa shape index (κ3) is 4.22. The molecule has 1 fully saturated rings. The van der Waals surface area contributed by atoms with E-state index in [1.54, 1.807) is 0 Å². The molecule has 1 aliphatic heterocycles. The second-order valence-electron chi connectivity index (χ2n) is 9.85. The van der Waals surface area contributed by atoms with Crippen molar-refractivity contribution in [3.8, 4) is 0 Å². The van der Waals surface area contributed by atoms with Crippen molar-refractivity contribution in [1.82, 2.24) is 9.55 Å². The van der Waals surface area contributed by atoms with E-state index in [0.29, 0.717) is 13.0 Å². The predicted octanol–water partition coefficient (Wildman–Crippen LogP) is 6.67. The molecule has 33 heavy (non-hydrogen) atoms. The van der Waals surface area contributed by atoms with Crippen molar-refractivity contribution >= 4 is 38.6 Å². The number of imidazole rings is 1. The Balaban J connectivity index is 1.50. The summed E-state index contributed by atoms with van der Waals surface area (Å²) in [6.45, 7) is 8.07. The molecular formula is C28H28BrN3O. The van der Waals surface area contributed by atoms with Gasteiger partial charge in [0.2, 0.25) is 5.91 Å². The molecule has 0 saturated carbocycles. The number of halogens is 1. The zero-order valence-corrected chi connectivity index (χ0v) is 20.8. The van der Waals surface area contributed by atoms with Crippen LogP contribution in [0.15, 0.2) is 77.3 Å². The van der Waals surface area contributed by atoms with Crippen molar-refractivity contribution in [3.05, 3.63) is 94.2 Å². The van der Waals surface area contributed by atoms with E-state index in [0.717, 1.165) is 33.6 Å². The number of para-hydroxylation sites is 3. The number of nitrogens with zero attached hydrogens (tertiary/aromatic N) is 3. The van der Waals surface area contributed by atoms with Crippen molar-refractivity contribution in [3.63, 3.8) is 0 Å². The fourth-order valence-corrected chi connectivity index (χ4v) is 5.15. The van der Waals surface area contributed by atoms with Crippen molar-refractivity contribution in [1.29, 1.82) is 0 Å². The van der Waals surface area contributed by atoms with Gasteiger partial charge in [-0.15, -0.1) is 0 Å². The van der Waals surface area contributed by atoms with Crippen LogP contribution in [0.1, 0.15) is 50.1 Å². The largest absolute Gasteiger partial charge is 0.323 e. The third-order valence-electron chi connectivity index (χ3n) is 6.48. The van der Waals surface area contributed by atoms with Gasteiger partial charge in [0.1, 0.15) is 5.82 Å². The Labute approximate surface area is 203 Å². The Morgan fingerprint density at radius 1 is 0.970 bits per heavy atom. The van der Waals surface area contributed by atoms with Gasteiger partial charge in [-0.3, -0.25) is 4.79 Å². The standard InChI is InChI=1S/C28H28BrN3O/c1-28(2,3)21-14-12-19(13-15-21)17-32-25-11-7-5-9-23(25)30-27(32)20-16-26(33)31(18-20)24-10-6-4-8-22(24)29/h4-15,20H,16-18H2,1-3H3. The summed E-state index contributed by atoms with van der Waals surface area (Å²) < 4.78 is 3.23. The number of carbonyl (C=O) groups excluding carboxylic acids is 1. The van der Waals surface area contributed by atoms with Gasteiger partial charge in [-0.25, -0.2) is 4.98 Å². The lowest BCUT2D eigenvalue weighted by molar-refractivity contribution is -0.117. The van der Waals surface area contributed by atoms with Gasteiger partial charge in [0, 0.05) is 29.9 Å². The van der Waals surface area contributed by atoms with Gasteiger partial charge in [-0.2, -0.15) is 0 Å². The molecule has 3 aromatic carbocycles. The summed E-state index contributed by atoms with van der Waals surface area (Å²) in [5.41, 5.74) is 5.70. The fourth-order valence-electron chi connectivity index (χ4n) is 4.65. The van der Waals surface area contributed by atoms with Gasteiger partial charge in [-0.1, -0.05) is 69.3 Å². The minimum atomic E-state index is 0.0471. The molecule has 5 rings (SSSR count). The second kappa shape index (κ2) is 8.45. The molecule has 0 bridgehead atoms. The van der Waals surface area contributed by atoms with Crippen LogP contribution in [-0.4, -0.2) is 22.0 Å². The summed E-state index contributed by atoms with van der Waals surface area (Å²) in [6, 6.07) is 25.0. The molecule has 0 aliphatic carbocycles. The topological polar surface area (TPSA) is 38.1 Å². The highest BCUT2D eigenvalue weighted by Crippen LogP contribution is 2.36. The summed E-state index contributed by atoms with van der Waals surface area (Å²) in [7, 11) is 0. The van der Waals surface area contributed by atoms with E-state index in [9.17, 15) is 4.79 Å². The fraction of sp³-hybridized carbons (Fsp3) is 0.286. The van der Waals surface area contributed by atoms with E-state index in [1.165, 1.54) is 11.1 Å². The smallest absolute Gasteiger partial charge is 0.227 e. The van der Waals surface area contributed by atoms with Gasteiger partial charge in [0.25, 0.3) is 0 Å². The van der Waals surface area contributed by atoms with Gasteiger partial charge < -0.3 is 9.47 Å². The molecule has 1 saturated heterocycles. The Hall–Kier alpha value is -2.92. The summed E-state index contributed by atoms with van der Waals surface area (Å²) in [5.74, 6) is 1.17. The van der Waals surface area contributed by atoms with Crippen LogP contribution < -0.4 is 4.90 Å². The van der Waals surface area contributed by atoms with Gasteiger partial charge in [-0.05, 0) is 56.7 Å². The molecule has 4 aromatic rings. The first kappa shape index (κ1) is 21.9. The first-order valence-corrected chi connectivity index (χ1v) is 12.2. The molecule has 1 atom stereocenters. The SMILES string of the molecule is CC(C)(C)c1ccc(Cn2c(C3CC(=O)N(c4ccccc4Br)C3)nc3ccccc32)cc1. The predicted molar refractivity (Wildman–Crippen MR) is 138 cm³/mol. The van der Waals surface area contributed by atoms with E-state index in [2.05, 4.69) is 83.7 Å². The van der Waals surface area contributed by atoms with Crippen LogP contribution in [0.2, 0.25) is 0 Å². The van der Waals surface area contributed by atoms with E-state index < -0.39 is 0 Å². The van der Waals surface area contributed by atoms with E-state index in [4.69, 9.17) is 4.98 Å². The normalized spacial score (nSPS) is 16.7. The lowest BCUT2D eigenvalue weighted by Crippen LogP contribution is -2.25. The Morgan fingerprint density at radius 2 is 1.67 bits per heavy atom. The molecule has 1 aliphatic rings. The zero-order valence-electron chi connectivity index (χ0n) is 19.3. The number of carbonyl (C=O) groups is 1. The average molecular weight is 502 g/mol. The molecule has 2 heterocycles. The highest BCUT2D eigenvalue weighted by atomic mass is 79.9. The van der Waals surface area contributed by atoms with E-state index in [-0.39, 0.29) is 17.2 Å². The van der Waals surface area contributed by atoms with Crippen LogP contribution in [0.3, 0.4) is 0 Å². The maximum Gasteiger partial charge on any atom is 0.227 e. The summed E-state index contributed by atoms with van der Waals surface area (Å²) >= 11 is 3.60. The maximum absolute atomic E-state index is 13.0. The van der Waals surface area contributed by atoms with E-state index in [1.807, 2.05) is 35.2 Å².